The summed E-state index contributed by atoms with van der Waals surface area (Å²) < 4.78 is 10.7. The Bertz CT molecular complexity index is 792. The molecule has 0 radical (unpaired) electrons. The number of hydrogen-bond acceptors (Lipinski definition) is 6. The Morgan fingerprint density at radius 3 is 2.62 bits per heavy atom. The lowest BCUT2D eigenvalue weighted by Gasteiger charge is -2.27. The van der Waals surface area contributed by atoms with Gasteiger partial charge in [-0.2, -0.15) is 0 Å². The second-order valence-electron chi connectivity index (χ2n) is 6.73. The minimum atomic E-state index is -0.664. The minimum Gasteiger partial charge on any atom is -0.484 e. The number of ether oxygens (including phenoxy) is 2. The van der Waals surface area contributed by atoms with Crippen molar-refractivity contribution in [3.63, 3.8) is 0 Å². The van der Waals surface area contributed by atoms with Gasteiger partial charge in [0.2, 0.25) is 5.91 Å². The molecule has 0 unspecified atom stereocenters. The lowest BCUT2D eigenvalue weighted by Crippen LogP contribution is -2.46. The molecule has 1 aromatic heterocycles. The predicted molar refractivity (Wildman–Crippen MR) is 109 cm³/mol. The van der Waals surface area contributed by atoms with Crippen molar-refractivity contribution in [3.8, 4) is 5.75 Å². The van der Waals surface area contributed by atoms with E-state index in [-0.39, 0.29) is 18.4 Å². The Balaban J connectivity index is 1.39. The van der Waals surface area contributed by atoms with E-state index in [4.69, 9.17) is 9.47 Å². The maximum absolute atomic E-state index is 12.2. The van der Waals surface area contributed by atoms with Gasteiger partial charge in [0.15, 0.2) is 6.61 Å². The van der Waals surface area contributed by atoms with Gasteiger partial charge in [0.1, 0.15) is 17.6 Å². The maximum Gasteiger partial charge on any atom is 0.258 e. The molecule has 2 heterocycles. The summed E-state index contributed by atoms with van der Waals surface area (Å²) in [5, 5.41) is 5.44. The van der Waals surface area contributed by atoms with E-state index in [1.807, 2.05) is 30.3 Å². The van der Waals surface area contributed by atoms with E-state index in [1.54, 1.807) is 25.3 Å². The SMILES string of the molecule is C[C@H](NC(=O)COc1ccccc1)C(=O)NCc1ccc(N2CCOCC2)nc1. The van der Waals surface area contributed by atoms with Crippen LogP contribution < -0.4 is 20.3 Å². The number of pyridine rings is 1. The summed E-state index contributed by atoms with van der Waals surface area (Å²) in [6.07, 6.45) is 1.75. The molecule has 3 rings (SSSR count). The molecule has 0 bridgehead atoms. The van der Waals surface area contributed by atoms with E-state index in [1.165, 1.54) is 0 Å². The van der Waals surface area contributed by atoms with Crippen molar-refractivity contribution in [1.82, 2.24) is 15.6 Å². The molecule has 2 amide bonds. The number of amides is 2. The third kappa shape index (κ3) is 6.46. The molecule has 1 aliphatic heterocycles. The number of nitrogens with one attached hydrogen (secondary N) is 2. The molecule has 1 atom stereocenters. The highest BCUT2D eigenvalue weighted by Crippen LogP contribution is 2.13. The molecule has 0 aliphatic carbocycles. The van der Waals surface area contributed by atoms with Crippen LogP contribution in [0.2, 0.25) is 0 Å². The van der Waals surface area contributed by atoms with Gasteiger partial charge in [0.05, 0.1) is 13.2 Å². The van der Waals surface area contributed by atoms with E-state index in [9.17, 15) is 9.59 Å². The average molecular weight is 398 g/mol. The van der Waals surface area contributed by atoms with Gasteiger partial charge in [0, 0.05) is 25.8 Å². The highest BCUT2D eigenvalue weighted by molar-refractivity contribution is 5.87. The van der Waals surface area contributed by atoms with Crippen LogP contribution in [0.4, 0.5) is 5.82 Å². The van der Waals surface area contributed by atoms with Gasteiger partial charge < -0.3 is 25.0 Å². The number of benzene rings is 1. The molecule has 1 aliphatic rings. The lowest BCUT2D eigenvalue weighted by atomic mass is 10.2. The van der Waals surface area contributed by atoms with Crippen LogP contribution in [-0.2, 0) is 20.9 Å². The van der Waals surface area contributed by atoms with E-state index >= 15 is 0 Å². The Morgan fingerprint density at radius 2 is 1.93 bits per heavy atom. The number of anilines is 1. The predicted octanol–water partition coefficient (Wildman–Crippen LogP) is 1.12. The standard InChI is InChI=1S/C21H26N4O4/c1-16(24-20(26)15-29-18-5-3-2-4-6-18)21(27)23-14-17-7-8-19(22-13-17)25-9-11-28-12-10-25/h2-8,13,16H,9-12,14-15H2,1H3,(H,23,27)(H,24,26)/t16-/m0/s1. The maximum atomic E-state index is 12.2. The first kappa shape index (κ1) is 20.6. The number of carbonyl (C=O) groups is 2. The van der Waals surface area contributed by atoms with Crippen LogP contribution in [0.15, 0.2) is 48.7 Å². The molecule has 29 heavy (non-hydrogen) atoms. The monoisotopic (exact) mass is 398 g/mol. The van der Waals surface area contributed by atoms with Crippen molar-refractivity contribution in [3.05, 3.63) is 54.2 Å². The summed E-state index contributed by atoms with van der Waals surface area (Å²) in [5.41, 5.74) is 0.890. The van der Waals surface area contributed by atoms with Crippen molar-refractivity contribution in [1.29, 1.82) is 0 Å². The van der Waals surface area contributed by atoms with Gasteiger partial charge in [-0.3, -0.25) is 9.59 Å². The molecular weight excluding hydrogens is 372 g/mol. The Morgan fingerprint density at radius 1 is 1.17 bits per heavy atom. The van der Waals surface area contributed by atoms with Gasteiger partial charge in [-0.05, 0) is 30.7 Å². The summed E-state index contributed by atoms with van der Waals surface area (Å²) in [6.45, 7) is 4.90. The van der Waals surface area contributed by atoms with E-state index in [2.05, 4.69) is 20.5 Å². The first-order valence-corrected chi connectivity index (χ1v) is 9.64. The third-order valence-electron chi connectivity index (χ3n) is 4.49. The number of morpholine rings is 1. The van der Waals surface area contributed by atoms with Gasteiger partial charge in [-0.25, -0.2) is 4.98 Å². The number of rotatable bonds is 8. The fraction of sp³-hybridized carbons (Fsp3) is 0.381. The summed E-state index contributed by atoms with van der Waals surface area (Å²) in [4.78, 5) is 30.8. The first-order chi connectivity index (χ1) is 14.1. The topological polar surface area (TPSA) is 92.8 Å². The van der Waals surface area contributed by atoms with Crippen LogP contribution in [0.3, 0.4) is 0 Å². The fourth-order valence-electron chi connectivity index (χ4n) is 2.86. The molecule has 1 aromatic carbocycles. The minimum absolute atomic E-state index is 0.144. The zero-order valence-corrected chi connectivity index (χ0v) is 16.5. The first-order valence-electron chi connectivity index (χ1n) is 9.64. The van der Waals surface area contributed by atoms with Gasteiger partial charge in [0.25, 0.3) is 5.91 Å². The lowest BCUT2D eigenvalue weighted by molar-refractivity contribution is -0.129. The van der Waals surface area contributed by atoms with Crippen LogP contribution in [0.5, 0.6) is 5.75 Å². The average Bonchev–Trinajstić information content (AvgIpc) is 2.77. The summed E-state index contributed by atoms with van der Waals surface area (Å²) in [7, 11) is 0. The Labute approximate surface area is 170 Å². The smallest absolute Gasteiger partial charge is 0.258 e. The van der Waals surface area contributed by atoms with Gasteiger partial charge in [-0.15, -0.1) is 0 Å². The number of carbonyl (C=O) groups excluding carboxylic acids is 2. The van der Waals surface area contributed by atoms with E-state index in [0.29, 0.717) is 25.5 Å². The third-order valence-corrected chi connectivity index (χ3v) is 4.49. The normalized spacial score (nSPS) is 14.7. The zero-order chi connectivity index (χ0) is 20.5. The van der Waals surface area contributed by atoms with Crippen LogP contribution in [0, 0.1) is 0 Å². The molecule has 8 heteroatoms. The highest BCUT2D eigenvalue weighted by Gasteiger charge is 2.16. The van der Waals surface area contributed by atoms with Gasteiger partial charge >= 0.3 is 0 Å². The van der Waals surface area contributed by atoms with Crippen LogP contribution in [0.1, 0.15) is 12.5 Å². The van der Waals surface area contributed by atoms with Crippen LogP contribution >= 0.6 is 0 Å². The van der Waals surface area contributed by atoms with E-state index < -0.39 is 6.04 Å². The van der Waals surface area contributed by atoms with Crippen LogP contribution in [-0.4, -0.2) is 55.8 Å². The molecule has 2 N–H and O–H groups in total. The number of hydrogen-bond donors (Lipinski definition) is 2. The summed E-state index contributed by atoms with van der Waals surface area (Å²) in [5.74, 6) is 0.888. The quantitative estimate of drug-likeness (QED) is 0.692. The fourth-order valence-corrected chi connectivity index (χ4v) is 2.86. The van der Waals surface area contributed by atoms with Crippen molar-refractivity contribution < 1.29 is 19.1 Å². The molecule has 154 valence electrons. The molecule has 1 fully saturated rings. The largest absolute Gasteiger partial charge is 0.484 e. The van der Waals surface area contributed by atoms with Crippen molar-refractivity contribution >= 4 is 17.6 Å². The van der Waals surface area contributed by atoms with Crippen molar-refractivity contribution in [2.75, 3.05) is 37.8 Å². The van der Waals surface area contributed by atoms with Crippen LogP contribution in [0.25, 0.3) is 0 Å². The van der Waals surface area contributed by atoms with E-state index in [0.717, 1.165) is 24.5 Å². The molecule has 0 spiro atoms. The van der Waals surface area contributed by atoms with Crippen molar-refractivity contribution in [2.24, 2.45) is 0 Å². The highest BCUT2D eigenvalue weighted by atomic mass is 16.5. The van der Waals surface area contributed by atoms with Crippen molar-refractivity contribution in [2.45, 2.75) is 19.5 Å². The number of nitrogens with zero attached hydrogens (tertiary/aromatic N) is 2. The summed E-state index contributed by atoms with van der Waals surface area (Å²) in [6, 6.07) is 12.3. The molecule has 0 saturated carbocycles. The van der Waals surface area contributed by atoms with Gasteiger partial charge in [-0.1, -0.05) is 24.3 Å². The molecule has 8 nitrogen and oxygen atoms in total. The summed E-state index contributed by atoms with van der Waals surface area (Å²) >= 11 is 0. The second kappa shape index (κ2) is 10.4. The molecular formula is C21H26N4O4. The number of aromatic nitrogens is 1. The number of para-hydroxylation sites is 1. The molecule has 1 saturated heterocycles. The zero-order valence-electron chi connectivity index (χ0n) is 16.5. The Hall–Kier alpha value is -3.13. The Kier molecular flexibility index (Phi) is 7.40. The molecule has 2 aromatic rings. The second-order valence-corrected chi connectivity index (χ2v) is 6.73.